The van der Waals surface area contributed by atoms with Crippen molar-refractivity contribution >= 4 is 34.8 Å². The number of carbonyl (C=O) groups is 2. The van der Waals surface area contributed by atoms with Gasteiger partial charge in [-0.25, -0.2) is 4.98 Å². The molecule has 7 nitrogen and oxygen atoms in total. The van der Waals surface area contributed by atoms with E-state index in [2.05, 4.69) is 10.3 Å². The van der Waals surface area contributed by atoms with E-state index in [1.165, 1.54) is 25.6 Å². The van der Waals surface area contributed by atoms with Crippen LogP contribution in [0.1, 0.15) is 28.5 Å². The van der Waals surface area contributed by atoms with Gasteiger partial charge in [-0.05, 0) is 12.1 Å². The molecule has 0 aliphatic heterocycles. The molecule has 2 aromatic carbocycles. The number of methoxy groups -OCH3 is 2. The number of halogens is 1. The van der Waals surface area contributed by atoms with E-state index in [1.807, 2.05) is 18.2 Å². The molecule has 1 unspecified atom stereocenters. The minimum atomic E-state index is -1.07. The lowest BCUT2D eigenvalue weighted by atomic mass is 10.0. The van der Waals surface area contributed by atoms with E-state index < -0.39 is 17.9 Å². The van der Waals surface area contributed by atoms with E-state index in [9.17, 15) is 14.7 Å². The van der Waals surface area contributed by atoms with Crippen LogP contribution < -0.4 is 14.8 Å². The SMILES string of the molecule is COc1cccc(C(CC(=O)O)NC(=O)c2csc(-c3ccccc3Cl)n2)c1OC. The second-order valence-corrected chi connectivity index (χ2v) is 7.49. The fraction of sp³-hybridized carbons (Fsp3) is 0.190. The Bertz CT molecular complexity index is 1070. The molecule has 1 heterocycles. The fourth-order valence-electron chi connectivity index (χ4n) is 2.97. The number of hydrogen-bond donors (Lipinski definition) is 2. The summed E-state index contributed by atoms with van der Waals surface area (Å²) in [7, 11) is 2.94. The highest BCUT2D eigenvalue weighted by Gasteiger charge is 2.25. The van der Waals surface area contributed by atoms with E-state index >= 15 is 0 Å². The molecule has 0 saturated carbocycles. The van der Waals surface area contributed by atoms with Gasteiger partial charge in [-0.2, -0.15) is 0 Å². The Hall–Kier alpha value is -3.10. The molecule has 0 fully saturated rings. The maximum absolute atomic E-state index is 12.8. The van der Waals surface area contributed by atoms with Gasteiger partial charge in [0.15, 0.2) is 11.5 Å². The quantitative estimate of drug-likeness (QED) is 0.531. The van der Waals surface area contributed by atoms with Gasteiger partial charge in [-0.15, -0.1) is 11.3 Å². The molecule has 3 rings (SSSR count). The molecule has 1 amide bonds. The number of aliphatic carboxylic acids is 1. The fourth-order valence-corrected chi connectivity index (χ4v) is 4.09. The summed E-state index contributed by atoms with van der Waals surface area (Å²) in [6.45, 7) is 0. The average Bonchev–Trinajstić information content (AvgIpc) is 3.22. The highest BCUT2D eigenvalue weighted by Crippen LogP contribution is 2.36. The standard InChI is InChI=1S/C21H19ClN2O5S/c1-28-17-9-5-7-13(19(17)29-2)15(10-18(25)26)23-20(27)16-11-30-21(24-16)12-6-3-4-8-14(12)22/h3-9,11,15H,10H2,1-2H3,(H,23,27)(H,25,26). The van der Waals surface area contributed by atoms with Gasteiger partial charge in [0.1, 0.15) is 10.7 Å². The summed E-state index contributed by atoms with van der Waals surface area (Å²) in [5, 5.41) is 14.8. The van der Waals surface area contributed by atoms with Crippen molar-refractivity contribution < 1.29 is 24.2 Å². The summed E-state index contributed by atoms with van der Waals surface area (Å²) in [5.41, 5.74) is 1.39. The van der Waals surface area contributed by atoms with E-state index in [0.717, 1.165) is 5.56 Å². The van der Waals surface area contributed by atoms with E-state index in [-0.39, 0.29) is 12.1 Å². The Balaban J connectivity index is 1.89. The molecule has 2 N–H and O–H groups in total. The monoisotopic (exact) mass is 446 g/mol. The Morgan fingerprint density at radius 1 is 1.17 bits per heavy atom. The van der Waals surface area contributed by atoms with E-state index in [4.69, 9.17) is 21.1 Å². The van der Waals surface area contributed by atoms with Gasteiger partial charge in [-0.3, -0.25) is 9.59 Å². The third-order valence-corrected chi connectivity index (χ3v) is 5.54. The smallest absolute Gasteiger partial charge is 0.305 e. The average molecular weight is 447 g/mol. The van der Waals surface area contributed by atoms with Crippen molar-refractivity contribution in [3.05, 3.63) is 64.1 Å². The van der Waals surface area contributed by atoms with Gasteiger partial charge in [0, 0.05) is 16.5 Å². The number of ether oxygens (including phenoxy) is 2. The highest BCUT2D eigenvalue weighted by atomic mass is 35.5. The van der Waals surface area contributed by atoms with Crippen LogP contribution in [-0.2, 0) is 4.79 Å². The third kappa shape index (κ3) is 4.72. The van der Waals surface area contributed by atoms with E-state index in [0.29, 0.717) is 27.1 Å². The van der Waals surface area contributed by atoms with Crippen molar-refractivity contribution in [3.63, 3.8) is 0 Å². The topological polar surface area (TPSA) is 97.8 Å². The first kappa shape index (κ1) is 21.6. The van der Waals surface area contributed by atoms with Crippen LogP contribution in [0.25, 0.3) is 10.6 Å². The van der Waals surface area contributed by atoms with Crippen molar-refractivity contribution in [1.29, 1.82) is 0 Å². The molecule has 30 heavy (non-hydrogen) atoms. The lowest BCUT2D eigenvalue weighted by Crippen LogP contribution is -2.30. The number of aromatic nitrogens is 1. The first-order valence-corrected chi connectivity index (χ1v) is 10.1. The maximum atomic E-state index is 12.8. The number of hydrogen-bond acceptors (Lipinski definition) is 6. The van der Waals surface area contributed by atoms with Crippen LogP contribution in [0.4, 0.5) is 0 Å². The number of carboxylic acids is 1. The van der Waals surface area contributed by atoms with Crippen molar-refractivity contribution in [2.75, 3.05) is 14.2 Å². The molecule has 0 spiro atoms. The van der Waals surface area contributed by atoms with Gasteiger partial charge < -0.3 is 19.9 Å². The first-order chi connectivity index (χ1) is 14.4. The molecule has 9 heteroatoms. The molecule has 0 radical (unpaired) electrons. The lowest BCUT2D eigenvalue weighted by molar-refractivity contribution is -0.137. The zero-order valence-corrected chi connectivity index (χ0v) is 17.8. The van der Waals surface area contributed by atoms with E-state index in [1.54, 1.807) is 29.6 Å². The summed E-state index contributed by atoms with van der Waals surface area (Å²) in [6.07, 6.45) is -0.337. The number of amides is 1. The summed E-state index contributed by atoms with van der Waals surface area (Å²) in [6, 6.07) is 11.4. The highest BCUT2D eigenvalue weighted by molar-refractivity contribution is 7.13. The van der Waals surface area contributed by atoms with Crippen molar-refractivity contribution in [1.82, 2.24) is 10.3 Å². The normalized spacial score (nSPS) is 11.6. The molecule has 0 aliphatic carbocycles. The van der Waals surface area contributed by atoms with Crippen LogP contribution >= 0.6 is 22.9 Å². The molecule has 0 bridgehead atoms. The Kier molecular flexibility index (Phi) is 6.91. The summed E-state index contributed by atoms with van der Waals surface area (Å²) >= 11 is 7.48. The van der Waals surface area contributed by atoms with Gasteiger partial charge in [0.05, 0.1) is 31.7 Å². The summed E-state index contributed by atoms with van der Waals surface area (Å²) < 4.78 is 10.7. The van der Waals surface area contributed by atoms with Crippen LogP contribution in [0, 0.1) is 0 Å². The van der Waals surface area contributed by atoms with Crippen LogP contribution in [0.3, 0.4) is 0 Å². The van der Waals surface area contributed by atoms with Crippen LogP contribution in [0.5, 0.6) is 11.5 Å². The van der Waals surface area contributed by atoms with Crippen LogP contribution in [0.2, 0.25) is 5.02 Å². The number of benzene rings is 2. The number of nitrogens with one attached hydrogen (secondary N) is 1. The second kappa shape index (κ2) is 9.60. The number of carbonyl (C=O) groups excluding carboxylic acids is 1. The lowest BCUT2D eigenvalue weighted by Gasteiger charge is -2.21. The van der Waals surface area contributed by atoms with Gasteiger partial charge >= 0.3 is 5.97 Å². The Labute approximate surface area is 182 Å². The number of thiazole rings is 1. The van der Waals surface area contributed by atoms with Crippen molar-refractivity contribution in [3.8, 4) is 22.1 Å². The zero-order chi connectivity index (χ0) is 21.7. The summed E-state index contributed by atoms with van der Waals surface area (Å²) in [5.74, 6) is -0.767. The molecule has 0 aliphatic rings. The Morgan fingerprint density at radius 2 is 1.93 bits per heavy atom. The Morgan fingerprint density at radius 3 is 2.60 bits per heavy atom. The van der Waals surface area contributed by atoms with Crippen LogP contribution in [0.15, 0.2) is 47.8 Å². The van der Waals surface area contributed by atoms with Crippen LogP contribution in [-0.4, -0.2) is 36.2 Å². The minimum Gasteiger partial charge on any atom is -0.493 e. The molecule has 3 aromatic rings. The number of rotatable bonds is 8. The minimum absolute atomic E-state index is 0.173. The van der Waals surface area contributed by atoms with Crippen molar-refractivity contribution in [2.24, 2.45) is 0 Å². The molecular formula is C21H19ClN2O5S. The molecule has 156 valence electrons. The third-order valence-electron chi connectivity index (χ3n) is 4.33. The predicted octanol–water partition coefficient (Wildman–Crippen LogP) is 4.43. The largest absolute Gasteiger partial charge is 0.493 e. The van der Waals surface area contributed by atoms with Crippen molar-refractivity contribution in [2.45, 2.75) is 12.5 Å². The van der Waals surface area contributed by atoms with Gasteiger partial charge in [0.25, 0.3) is 5.91 Å². The maximum Gasteiger partial charge on any atom is 0.305 e. The number of para-hydroxylation sites is 1. The molecule has 0 saturated heterocycles. The zero-order valence-electron chi connectivity index (χ0n) is 16.2. The van der Waals surface area contributed by atoms with Gasteiger partial charge in [0.2, 0.25) is 0 Å². The predicted molar refractivity (Wildman–Crippen MR) is 115 cm³/mol. The number of carboxylic acid groups (broad SMARTS) is 1. The van der Waals surface area contributed by atoms with Gasteiger partial charge in [-0.1, -0.05) is 41.9 Å². The molecule has 1 atom stereocenters. The first-order valence-electron chi connectivity index (χ1n) is 8.88. The molecular weight excluding hydrogens is 428 g/mol. The summed E-state index contributed by atoms with van der Waals surface area (Å²) in [4.78, 5) is 28.6. The molecule has 1 aromatic heterocycles. The number of nitrogens with zero attached hydrogens (tertiary/aromatic N) is 1. The second-order valence-electron chi connectivity index (χ2n) is 6.22.